The van der Waals surface area contributed by atoms with Crippen LogP contribution in [0.3, 0.4) is 0 Å². The smallest absolute Gasteiger partial charge is 0.336 e. The van der Waals surface area contributed by atoms with Crippen molar-refractivity contribution in [2.24, 2.45) is 0 Å². The number of aromatic nitrogens is 3. The average Bonchev–Trinajstić information content (AvgIpc) is 3.25. The highest BCUT2D eigenvalue weighted by Gasteiger charge is 2.27. The fourth-order valence-electron chi connectivity index (χ4n) is 2.82. The average molecular weight is 415 g/mol. The van der Waals surface area contributed by atoms with Gasteiger partial charge in [-0.3, -0.25) is 14.4 Å². The lowest BCUT2D eigenvalue weighted by atomic mass is 10.1. The predicted molar refractivity (Wildman–Crippen MR) is 107 cm³/mol. The second-order valence-electron chi connectivity index (χ2n) is 6.81. The van der Waals surface area contributed by atoms with E-state index >= 15 is 0 Å². The van der Waals surface area contributed by atoms with Crippen LogP contribution in [0.25, 0.3) is 5.69 Å². The number of para-hydroxylation sites is 1. The quantitative estimate of drug-likeness (QED) is 0.473. The maximum Gasteiger partial charge on any atom is 0.336 e. The van der Waals surface area contributed by atoms with E-state index in [4.69, 9.17) is 0 Å². The zero-order chi connectivity index (χ0) is 22.3. The molecule has 0 saturated carbocycles. The van der Waals surface area contributed by atoms with Crippen molar-refractivity contribution in [1.29, 1.82) is 0 Å². The lowest BCUT2D eigenvalue weighted by molar-refractivity contribution is -0.148. The molecule has 0 aliphatic carbocycles. The Balaban J connectivity index is 2.14. The molecule has 1 aromatic heterocycles. The number of carbonyl (C=O) groups excluding carboxylic acids is 4. The van der Waals surface area contributed by atoms with Gasteiger partial charge in [-0.15, -0.1) is 0 Å². The maximum atomic E-state index is 13.2. The van der Waals surface area contributed by atoms with E-state index in [0.717, 1.165) is 7.11 Å². The van der Waals surface area contributed by atoms with Gasteiger partial charge in [-0.05, 0) is 32.9 Å². The first kappa shape index (κ1) is 22.7. The van der Waals surface area contributed by atoms with E-state index in [9.17, 15) is 19.2 Å². The molecule has 0 aliphatic heterocycles. The number of rotatable bonds is 9. The Morgan fingerprint density at radius 2 is 1.77 bits per heavy atom. The van der Waals surface area contributed by atoms with Gasteiger partial charge in [-0.2, -0.15) is 15.0 Å². The Hall–Kier alpha value is -3.56. The number of nitrogens with zero attached hydrogens (tertiary/aromatic N) is 4. The summed E-state index contributed by atoms with van der Waals surface area (Å²) < 4.78 is 4.53. The Morgan fingerprint density at radius 1 is 1.13 bits per heavy atom. The second kappa shape index (κ2) is 10.3. The molecule has 1 heterocycles. The van der Waals surface area contributed by atoms with E-state index < -0.39 is 23.7 Å². The number of ketones is 1. The molecule has 0 spiro atoms. The number of methoxy groups -OCH3 is 1. The summed E-state index contributed by atoms with van der Waals surface area (Å²) >= 11 is 0. The molecule has 1 N–H and O–H groups in total. The van der Waals surface area contributed by atoms with Crippen LogP contribution in [0.4, 0.5) is 0 Å². The van der Waals surface area contributed by atoms with Crippen molar-refractivity contribution in [1.82, 2.24) is 25.2 Å². The highest BCUT2D eigenvalue weighted by molar-refractivity contribution is 6.04. The minimum Gasteiger partial charge on any atom is -0.467 e. The van der Waals surface area contributed by atoms with Crippen LogP contribution >= 0.6 is 0 Å². The van der Waals surface area contributed by atoms with Crippen molar-refractivity contribution in [3.05, 3.63) is 42.2 Å². The zero-order valence-corrected chi connectivity index (χ0v) is 17.4. The first-order valence-corrected chi connectivity index (χ1v) is 9.40. The number of amides is 2. The van der Waals surface area contributed by atoms with Gasteiger partial charge in [0.25, 0.3) is 5.91 Å². The standard InChI is InChI=1S/C20H25N5O5/c1-13(2)24(12-9-17(27)23-18(14(3)26)20(29)30-4)19(28)15-7-5-6-8-16(15)25-21-10-11-22-25/h5-8,10-11,13,18H,9,12H2,1-4H3,(H,23,27). The summed E-state index contributed by atoms with van der Waals surface area (Å²) in [7, 11) is 1.13. The number of nitrogens with one attached hydrogen (secondary N) is 1. The number of Topliss-reactive ketones (excluding diaryl/α,β-unsaturated/α-hetero) is 1. The third-order valence-electron chi connectivity index (χ3n) is 4.38. The molecule has 30 heavy (non-hydrogen) atoms. The van der Waals surface area contributed by atoms with Crippen LogP contribution in [-0.4, -0.2) is 69.2 Å². The number of ether oxygens (including phenoxy) is 1. The van der Waals surface area contributed by atoms with Crippen molar-refractivity contribution in [3.63, 3.8) is 0 Å². The van der Waals surface area contributed by atoms with Crippen LogP contribution in [0, 0.1) is 0 Å². The van der Waals surface area contributed by atoms with Crippen molar-refractivity contribution in [3.8, 4) is 5.69 Å². The molecule has 10 nitrogen and oxygen atoms in total. The number of benzene rings is 1. The van der Waals surface area contributed by atoms with Crippen molar-refractivity contribution in [2.75, 3.05) is 13.7 Å². The first-order valence-electron chi connectivity index (χ1n) is 9.40. The summed E-state index contributed by atoms with van der Waals surface area (Å²) in [6.07, 6.45) is 2.93. The topological polar surface area (TPSA) is 123 Å². The van der Waals surface area contributed by atoms with E-state index in [1.165, 1.54) is 29.0 Å². The van der Waals surface area contributed by atoms with Crippen molar-refractivity contribution < 1.29 is 23.9 Å². The van der Waals surface area contributed by atoms with Gasteiger partial charge in [0.1, 0.15) is 0 Å². The largest absolute Gasteiger partial charge is 0.467 e. The molecule has 1 atom stereocenters. The Morgan fingerprint density at radius 3 is 2.33 bits per heavy atom. The molecule has 160 valence electrons. The number of carbonyl (C=O) groups is 4. The normalized spacial score (nSPS) is 11.6. The van der Waals surface area contributed by atoms with E-state index in [-0.39, 0.29) is 24.9 Å². The second-order valence-corrected chi connectivity index (χ2v) is 6.81. The van der Waals surface area contributed by atoms with Gasteiger partial charge in [0.2, 0.25) is 5.91 Å². The van der Waals surface area contributed by atoms with Crippen LogP contribution < -0.4 is 5.32 Å². The Kier molecular flexibility index (Phi) is 7.79. The van der Waals surface area contributed by atoms with Crippen LogP contribution in [0.5, 0.6) is 0 Å². The van der Waals surface area contributed by atoms with Gasteiger partial charge in [0.05, 0.1) is 30.8 Å². The van der Waals surface area contributed by atoms with Gasteiger partial charge >= 0.3 is 5.97 Å². The number of hydrogen-bond acceptors (Lipinski definition) is 7. The predicted octanol–water partition coefficient (Wildman–Crippen LogP) is 0.755. The molecular formula is C20H25N5O5. The molecular weight excluding hydrogens is 390 g/mol. The van der Waals surface area contributed by atoms with E-state index in [1.807, 2.05) is 13.8 Å². The summed E-state index contributed by atoms with van der Waals surface area (Å²) in [4.78, 5) is 51.6. The SMILES string of the molecule is COC(=O)C(NC(=O)CCN(C(=O)c1ccccc1-n1nccn1)C(C)C)C(C)=O. The van der Waals surface area contributed by atoms with Gasteiger partial charge in [-0.1, -0.05) is 12.1 Å². The third kappa shape index (κ3) is 5.49. The first-order chi connectivity index (χ1) is 14.3. The molecule has 10 heteroatoms. The van der Waals surface area contributed by atoms with E-state index in [0.29, 0.717) is 11.3 Å². The molecule has 0 bridgehead atoms. The summed E-state index contributed by atoms with van der Waals surface area (Å²) in [6, 6.07) is 5.34. The molecule has 1 unspecified atom stereocenters. The lowest BCUT2D eigenvalue weighted by Crippen LogP contribution is -2.47. The molecule has 0 radical (unpaired) electrons. The molecule has 1 aromatic carbocycles. The fourth-order valence-corrected chi connectivity index (χ4v) is 2.82. The summed E-state index contributed by atoms with van der Waals surface area (Å²) in [5.74, 6) is -2.20. The molecule has 0 aliphatic rings. The zero-order valence-electron chi connectivity index (χ0n) is 17.4. The Bertz CT molecular complexity index is 910. The van der Waals surface area contributed by atoms with Gasteiger partial charge < -0.3 is 15.0 Å². The molecule has 2 aromatic rings. The number of esters is 1. The fraction of sp³-hybridized carbons (Fsp3) is 0.400. The summed E-state index contributed by atoms with van der Waals surface area (Å²) in [6.45, 7) is 4.94. The van der Waals surface area contributed by atoms with E-state index in [2.05, 4.69) is 20.3 Å². The van der Waals surface area contributed by atoms with Crippen LogP contribution in [-0.2, 0) is 19.1 Å². The molecule has 0 fully saturated rings. The lowest BCUT2D eigenvalue weighted by Gasteiger charge is -2.27. The molecule has 0 saturated heterocycles. The van der Waals surface area contributed by atoms with Gasteiger partial charge in [0.15, 0.2) is 11.8 Å². The van der Waals surface area contributed by atoms with Crippen LogP contribution in [0.2, 0.25) is 0 Å². The minimum atomic E-state index is -1.36. The van der Waals surface area contributed by atoms with Crippen LogP contribution in [0.15, 0.2) is 36.7 Å². The Labute approximate surface area is 174 Å². The van der Waals surface area contributed by atoms with Crippen molar-refractivity contribution in [2.45, 2.75) is 39.3 Å². The van der Waals surface area contributed by atoms with Gasteiger partial charge in [-0.25, -0.2) is 4.79 Å². The molecule has 2 amide bonds. The van der Waals surface area contributed by atoms with Gasteiger partial charge in [0, 0.05) is 19.0 Å². The maximum absolute atomic E-state index is 13.2. The highest BCUT2D eigenvalue weighted by atomic mass is 16.5. The third-order valence-corrected chi connectivity index (χ3v) is 4.38. The monoisotopic (exact) mass is 415 g/mol. The highest BCUT2D eigenvalue weighted by Crippen LogP contribution is 2.17. The summed E-state index contributed by atoms with van der Waals surface area (Å²) in [5.41, 5.74) is 0.906. The van der Waals surface area contributed by atoms with Crippen molar-refractivity contribution >= 4 is 23.6 Å². The number of hydrogen-bond donors (Lipinski definition) is 1. The summed E-state index contributed by atoms with van der Waals surface area (Å²) in [5, 5.41) is 10.5. The van der Waals surface area contributed by atoms with Crippen LogP contribution in [0.1, 0.15) is 37.6 Å². The molecule has 2 rings (SSSR count). The van der Waals surface area contributed by atoms with E-state index in [1.54, 1.807) is 24.3 Å². The minimum absolute atomic E-state index is 0.0904.